The zero-order chi connectivity index (χ0) is 15.6. The molecular formula is C14H16N2O4S. The van der Waals surface area contributed by atoms with Gasteiger partial charge in [-0.15, -0.1) is 0 Å². The quantitative estimate of drug-likeness (QED) is 0.910. The molecule has 2 unspecified atom stereocenters. The average molecular weight is 308 g/mol. The molecule has 2 atom stereocenters. The normalized spacial score (nSPS) is 21.7. The van der Waals surface area contributed by atoms with E-state index in [0.717, 1.165) is 4.31 Å². The van der Waals surface area contributed by atoms with Gasteiger partial charge in [-0.1, -0.05) is 12.5 Å². The average Bonchev–Trinajstić information content (AvgIpc) is 2.97. The van der Waals surface area contributed by atoms with Gasteiger partial charge in [0.2, 0.25) is 10.0 Å². The maximum absolute atomic E-state index is 12.6. The Kier molecular flexibility index (Phi) is 4.19. The standard InChI is InChI=1S/C14H16N2O4S/c1-16(11-5-2-4-10(8-11)9-15)21(19,20)13-7-3-6-12(13)14(17)18/h2,4-5,8,12-13H,3,6-7H2,1H3,(H,17,18). The minimum atomic E-state index is -3.77. The summed E-state index contributed by atoms with van der Waals surface area (Å²) in [6.07, 6.45) is 1.32. The minimum absolute atomic E-state index is 0.349. The van der Waals surface area contributed by atoms with E-state index in [9.17, 15) is 13.2 Å². The number of nitriles is 1. The number of carbonyl (C=O) groups is 1. The maximum atomic E-state index is 12.6. The summed E-state index contributed by atoms with van der Waals surface area (Å²) in [5.74, 6) is -1.93. The molecule has 0 spiro atoms. The molecule has 0 saturated heterocycles. The molecule has 0 bridgehead atoms. The summed E-state index contributed by atoms with van der Waals surface area (Å²) in [6.45, 7) is 0. The molecule has 0 radical (unpaired) electrons. The Morgan fingerprint density at radius 3 is 2.76 bits per heavy atom. The molecule has 21 heavy (non-hydrogen) atoms. The second-order valence-electron chi connectivity index (χ2n) is 5.09. The topological polar surface area (TPSA) is 98.5 Å². The van der Waals surface area contributed by atoms with Gasteiger partial charge in [-0.05, 0) is 31.0 Å². The van der Waals surface area contributed by atoms with Crippen molar-refractivity contribution in [2.75, 3.05) is 11.4 Å². The van der Waals surface area contributed by atoms with Crippen LogP contribution in [0.5, 0.6) is 0 Å². The maximum Gasteiger partial charge on any atom is 0.307 e. The lowest BCUT2D eigenvalue weighted by molar-refractivity contribution is -0.141. The summed E-state index contributed by atoms with van der Waals surface area (Å²) in [7, 11) is -2.38. The van der Waals surface area contributed by atoms with E-state index in [-0.39, 0.29) is 0 Å². The van der Waals surface area contributed by atoms with Crippen molar-refractivity contribution < 1.29 is 18.3 Å². The van der Waals surface area contributed by atoms with E-state index in [0.29, 0.717) is 30.5 Å². The number of hydrogen-bond acceptors (Lipinski definition) is 4. The van der Waals surface area contributed by atoms with Crippen molar-refractivity contribution in [3.63, 3.8) is 0 Å². The number of carboxylic acid groups (broad SMARTS) is 1. The fraction of sp³-hybridized carbons (Fsp3) is 0.429. The first-order chi connectivity index (χ1) is 9.87. The first kappa shape index (κ1) is 15.3. The highest BCUT2D eigenvalue weighted by atomic mass is 32.2. The Morgan fingerprint density at radius 1 is 1.43 bits per heavy atom. The highest BCUT2D eigenvalue weighted by molar-refractivity contribution is 7.93. The van der Waals surface area contributed by atoms with Gasteiger partial charge in [-0.3, -0.25) is 9.10 Å². The Labute approximate surface area is 123 Å². The molecule has 2 rings (SSSR count). The van der Waals surface area contributed by atoms with Gasteiger partial charge in [-0.25, -0.2) is 8.42 Å². The zero-order valence-corrected chi connectivity index (χ0v) is 12.4. The smallest absolute Gasteiger partial charge is 0.307 e. The molecule has 7 heteroatoms. The molecule has 0 aromatic heterocycles. The van der Waals surface area contributed by atoms with Crippen molar-refractivity contribution in [1.29, 1.82) is 5.26 Å². The third-order valence-corrected chi connectivity index (χ3v) is 6.18. The van der Waals surface area contributed by atoms with Gasteiger partial charge >= 0.3 is 5.97 Å². The molecule has 1 fully saturated rings. The SMILES string of the molecule is CN(c1cccc(C#N)c1)S(=O)(=O)C1CCCC1C(=O)O. The summed E-state index contributed by atoms with van der Waals surface area (Å²) in [4.78, 5) is 11.2. The molecule has 1 aromatic carbocycles. The summed E-state index contributed by atoms with van der Waals surface area (Å²) in [5, 5.41) is 17.1. The highest BCUT2D eigenvalue weighted by Gasteiger charge is 2.43. The van der Waals surface area contributed by atoms with Crippen LogP contribution in [0.2, 0.25) is 0 Å². The minimum Gasteiger partial charge on any atom is -0.481 e. The summed E-state index contributed by atoms with van der Waals surface area (Å²) >= 11 is 0. The molecular weight excluding hydrogens is 292 g/mol. The first-order valence-corrected chi connectivity index (χ1v) is 8.09. The third-order valence-electron chi connectivity index (χ3n) is 3.87. The van der Waals surface area contributed by atoms with Crippen LogP contribution in [0.15, 0.2) is 24.3 Å². The van der Waals surface area contributed by atoms with Crippen molar-refractivity contribution in [2.45, 2.75) is 24.5 Å². The van der Waals surface area contributed by atoms with Crippen LogP contribution in [0.4, 0.5) is 5.69 Å². The van der Waals surface area contributed by atoms with Gasteiger partial charge in [0.1, 0.15) is 0 Å². The van der Waals surface area contributed by atoms with Gasteiger partial charge in [-0.2, -0.15) is 5.26 Å². The van der Waals surface area contributed by atoms with E-state index in [1.807, 2.05) is 6.07 Å². The molecule has 0 heterocycles. The van der Waals surface area contributed by atoms with Crippen LogP contribution in [0.3, 0.4) is 0 Å². The van der Waals surface area contributed by atoms with Gasteiger partial charge < -0.3 is 5.11 Å². The Hall–Kier alpha value is -2.07. The number of anilines is 1. The van der Waals surface area contributed by atoms with E-state index < -0.39 is 27.2 Å². The van der Waals surface area contributed by atoms with Crippen LogP contribution in [0.25, 0.3) is 0 Å². The van der Waals surface area contributed by atoms with Crippen LogP contribution >= 0.6 is 0 Å². The predicted molar refractivity (Wildman–Crippen MR) is 77.2 cm³/mol. The summed E-state index contributed by atoms with van der Waals surface area (Å²) in [5.41, 5.74) is 0.723. The molecule has 0 aliphatic heterocycles. The van der Waals surface area contributed by atoms with E-state index >= 15 is 0 Å². The molecule has 6 nitrogen and oxygen atoms in total. The predicted octanol–water partition coefficient (Wildman–Crippen LogP) is 1.58. The van der Waals surface area contributed by atoms with Crippen LogP contribution in [-0.2, 0) is 14.8 Å². The lowest BCUT2D eigenvalue weighted by Gasteiger charge is -2.25. The summed E-state index contributed by atoms with van der Waals surface area (Å²) < 4.78 is 26.3. The molecule has 112 valence electrons. The van der Waals surface area contributed by atoms with Gasteiger partial charge in [0.25, 0.3) is 0 Å². The molecule has 1 aliphatic carbocycles. The van der Waals surface area contributed by atoms with Crippen molar-refractivity contribution >= 4 is 21.7 Å². The second-order valence-corrected chi connectivity index (χ2v) is 7.27. The highest BCUT2D eigenvalue weighted by Crippen LogP contribution is 2.34. The van der Waals surface area contributed by atoms with E-state index in [4.69, 9.17) is 10.4 Å². The molecule has 1 aliphatic rings. The molecule has 0 amide bonds. The Morgan fingerprint density at radius 2 is 2.14 bits per heavy atom. The number of aliphatic carboxylic acids is 1. The second kappa shape index (κ2) is 5.74. The lowest BCUT2D eigenvalue weighted by Crippen LogP contribution is -2.40. The molecule has 1 aromatic rings. The van der Waals surface area contributed by atoms with Crippen LogP contribution in [-0.4, -0.2) is 31.8 Å². The molecule has 1 saturated carbocycles. The van der Waals surface area contributed by atoms with Crippen molar-refractivity contribution in [3.8, 4) is 6.07 Å². The van der Waals surface area contributed by atoms with E-state index in [1.165, 1.54) is 13.1 Å². The number of rotatable bonds is 4. The lowest BCUT2D eigenvalue weighted by atomic mass is 10.1. The fourth-order valence-corrected chi connectivity index (χ4v) is 4.63. The van der Waals surface area contributed by atoms with Crippen molar-refractivity contribution in [1.82, 2.24) is 0 Å². The van der Waals surface area contributed by atoms with E-state index in [2.05, 4.69) is 0 Å². The van der Waals surface area contributed by atoms with Gasteiger partial charge in [0, 0.05) is 7.05 Å². The number of sulfonamides is 1. The van der Waals surface area contributed by atoms with E-state index in [1.54, 1.807) is 18.2 Å². The number of carboxylic acids is 1. The number of hydrogen-bond donors (Lipinski definition) is 1. The fourth-order valence-electron chi connectivity index (χ4n) is 2.69. The largest absolute Gasteiger partial charge is 0.481 e. The van der Waals surface area contributed by atoms with Crippen LogP contribution in [0, 0.1) is 17.2 Å². The van der Waals surface area contributed by atoms with Gasteiger partial charge in [0.05, 0.1) is 28.5 Å². The monoisotopic (exact) mass is 308 g/mol. The zero-order valence-electron chi connectivity index (χ0n) is 11.6. The number of nitrogens with zero attached hydrogens (tertiary/aromatic N) is 2. The van der Waals surface area contributed by atoms with Crippen LogP contribution in [0.1, 0.15) is 24.8 Å². The summed E-state index contributed by atoms with van der Waals surface area (Å²) in [6, 6.07) is 8.20. The first-order valence-electron chi connectivity index (χ1n) is 6.58. The number of benzene rings is 1. The third kappa shape index (κ3) is 2.85. The van der Waals surface area contributed by atoms with Gasteiger partial charge in [0.15, 0.2) is 0 Å². The Bertz CT molecular complexity index is 693. The van der Waals surface area contributed by atoms with Crippen molar-refractivity contribution in [3.05, 3.63) is 29.8 Å². The molecule has 1 N–H and O–H groups in total. The van der Waals surface area contributed by atoms with Crippen molar-refractivity contribution in [2.24, 2.45) is 5.92 Å². The Balaban J connectivity index is 2.34. The van der Waals surface area contributed by atoms with Crippen LogP contribution < -0.4 is 4.31 Å².